The molecule has 0 spiro atoms. The number of nitrogens with one attached hydrogen (secondary N) is 3. The average Bonchev–Trinajstić information content (AvgIpc) is 2.59. The number of hydrazine groups is 1. The van der Waals surface area contributed by atoms with Gasteiger partial charge in [0.05, 0.1) is 10.6 Å². The van der Waals surface area contributed by atoms with Crippen LogP contribution in [0.4, 0.5) is 5.69 Å². The molecular weight excluding hydrogens is 366 g/mol. The maximum Gasteiger partial charge on any atom is 0.269 e. The predicted octanol–water partition coefficient (Wildman–Crippen LogP) is 2.31. The summed E-state index contributed by atoms with van der Waals surface area (Å²) in [4.78, 5) is 23.1. The van der Waals surface area contributed by atoms with Gasteiger partial charge in [-0.25, -0.2) is 8.42 Å². The molecule has 25 heavy (non-hydrogen) atoms. The van der Waals surface area contributed by atoms with Crippen LogP contribution in [0, 0.1) is 0 Å². The minimum atomic E-state index is -3.90. The molecule has 0 unspecified atom stereocenters. The summed E-state index contributed by atoms with van der Waals surface area (Å²) in [5, 5.41) is 0.389. The summed E-state index contributed by atoms with van der Waals surface area (Å²) in [7, 11) is -3.90. The van der Waals surface area contributed by atoms with Crippen LogP contribution in [0.25, 0.3) is 0 Å². The first-order valence-electron chi connectivity index (χ1n) is 7.29. The summed E-state index contributed by atoms with van der Waals surface area (Å²) >= 11 is 5.84. The highest BCUT2D eigenvalue weighted by molar-refractivity contribution is 7.92. The van der Waals surface area contributed by atoms with Gasteiger partial charge in [0.1, 0.15) is 0 Å². The van der Waals surface area contributed by atoms with E-state index in [9.17, 15) is 18.0 Å². The second kappa shape index (κ2) is 8.00. The molecule has 0 radical (unpaired) electrons. The molecule has 3 N–H and O–H groups in total. The van der Waals surface area contributed by atoms with E-state index in [2.05, 4.69) is 15.6 Å². The number of carbonyl (C=O) groups is 2. The number of carbonyl (C=O) groups excluding carboxylic acids is 2. The second-order valence-corrected chi connectivity index (χ2v) is 7.12. The molecule has 0 aliphatic carbocycles. The molecule has 0 aromatic heterocycles. The summed E-state index contributed by atoms with van der Waals surface area (Å²) in [6.45, 7) is 1.64. The largest absolute Gasteiger partial charge is 0.280 e. The van der Waals surface area contributed by atoms with Crippen molar-refractivity contribution >= 4 is 39.1 Å². The van der Waals surface area contributed by atoms with Gasteiger partial charge in [-0.3, -0.25) is 25.2 Å². The standard InChI is InChI=1S/C16H16ClN3O4S/c1-2-15(21)18-19-16(22)11-5-3-8-14(9-11)25(23,24)20-13-7-4-6-12(17)10-13/h3-10,20H,2H2,1H3,(H,18,21)(H,19,22). The lowest BCUT2D eigenvalue weighted by Crippen LogP contribution is -2.41. The Morgan fingerprint density at radius 3 is 2.44 bits per heavy atom. The first-order valence-corrected chi connectivity index (χ1v) is 9.15. The molecule has 0 fully saturated rings. The van der Waals surface area contributed by atoms with Crippen molar-refractivity contribution in [2.24, 2.45) is 0 Å². The van der Waals surface area contributed by atoms with Crippen LogP contribution in [0.1, 0.15) is 23.7 Å². The van der Waals surface area contributed by atoms with Gasteiger partial charge in [0, 0.05) is 17.0 Å². The van der Waals surface area contributed by atoms with Gasteiger partial charge < -0.3 is 0 Å². The maximum atomic E-state index is 12.4. The van der Waals surface area contributed by atoms with E-state index in [0.29, 0.717) is 10.7 Å². The van der Waals surface area contributed by atoms with E-state index in [1.54, 1.807) is 25.1 Å². The summed E-state index contributed by atoms with van der Waals surface area (Å²) in [6.07, 6.45) is 0.207. The zero-order valence-electron chi connectivity index (χ0n) is 13.2. The van der Waals surface area contributed by atoms with Gasteiger partial charge in [-0.2, -0.15) is 0 Å². The van der Waals surface area contributed by atoms with Crippen LogP contribution < -0.4 is 15.6 Å². The van der Waals surface area contributed by atoms with E-state index >= 15 is 0 Å². The second-order valence-electron chi connectivity index (χ2n) is 5.00. The third-order valence-corrected chi connectivity index (χ3v) is 4.73. The smallest absolute Gasteiger partial charge is 0.269 e. The van der Waals surface area contributed by atoms with Crippen molar-refractivity contribution in [2.45, 2.75) is 18.2 Å². The molecule has 0 heterocycles. The summed E-state index contributed by atoms with van der Waals surface area (Å²) in [6, 6.07) is 11.7. The maximum absolute atomic E-state index is 12.4. The van der Waals surface area contributed by atoms with Crippen LogP contribution in [0.15, 0.2) is 53.4 Å². The lowest BCUT2D eigenvalue weighted by molar-refractivity contribution is -0.121. The van der Waals surface area contributed by atoms with Gasteiger partial charge in [-0.15, -0.1) is 0 Å². The highest BCUT2D eigenvalue weighted by atomic mass is 35.5. The van der Waals surface area contributed by atoms with Crippen LogP contribution in [-0.2, 0) is 14.8 Å². The van der Waals surface area contributed by atoms with E-state index in [-0.39, 0.29) is 22.8 Å². The fraction of sp³-hybridized carbons (Fsp3) is 0.125. The van der Waals surface area contributed by atoms with Crippen LogP contribution in [0.3, 0.4) is 0 Å². The van der Waals surface area contributed by atoms with Crippen LogP contribution in [0.2, 0.25) is 5.02 Å². The van der Waals surface area contributed by atoms with Gasteiger partial charge in [0.25, 0.3) is 15.9 Å². The third kappa shape index (κ3) is 5.20. The minimum absolute atomic E-state index is 0.0883. The van der Waals surface area contributed by atoms with E-state index < -0.39 is 15.9 Å². The molecule has 2 rings (SSSR count). The van der Waals surface area contributed by atoms with Gasteiger partial charge in [0.2, 0.25) is 5.91 Å². The van der Waals surface area contributed by atoms with Gasteiger partial charge >= 0.3 is 0 Å². The first kappa shape index (κ1) is 18.8. The molecule has 2 aromatic carbocycles. The molecule has 2 amide bonds. The third-order valence-electron chi connectivity index (χ3n) is 3.12. The lowest BCUT2D eigenvalue weighted by Gasteiger charge is -2.10. The number of hydrogen-bond acceptors (Lipinski definition) is 4. The molecule has 2 aromatic rings. The molecule has 0 bridgehead atoms. The topological polar surface area (TPSA) is 104 Å². The molecule has 0 saturated heterocycles. The van der Waals surface area contributed by atoms with Crippen molar-refractivity contribution in [1.82, 2.24) is 10.9 Å². The van der Waals surface area contributed by atoms with Crippen molar-refractivity contribution in [3.63, 3.8) is 0 Å². The van der Waals surface area contributed by atoms with Gasteiger partial charge in [0.15, 0.2) is 0 Å². The van der Waals surface area contributed by atoms with Crippen molar-refractivity contribution in [2.75, 3.05) is 4.72 Å². The lowest BCUT2D eigenvalue weighted by atomic mass is 10.2. The van der Waals surface area contributed by atoms with Crippen molar-refractivity contribution in [3.05, 3.63) is 59.1 Å². The first-order chi connectivity index (χ1) is 11.8. The molecule has 7 nitrogen and oxygen atoms in total. The molecule has 0 atom stereocenters. The average molecular weight is 382 g/mol. The Bertz CT molecular complexity index is 900. The van der Waals surface area contributed by atoms with Gasteiger partial charge in [-0.1, -0.05) is 30.7 Å². The van der Waals surface area contributed by atoms with Crippen molar-refractivity contribution in [3.8, 4) is 0 Å². The van der Waals surface area contributed by atoms with Crippen molar-refractivity contribution < 1.29 is 18.0 Å². The molecular formula is C16H16ClN3O4S. The van der Waals surface area contributed by atoms with E-state index in [1.807, 2.05) is 0 Å². The number of anilines is 1. The quantitative estimate of drug-likeness (QED) is 0.691. The number of sulfonamides is 1. The Hall–Kier alpha value is -2.58. The monoisotopic (exact) mass is 381 g/mol. The molecule has 132 valence electrons. The summed E-state index contributed by atoms with van der Waals surface area (Å²) in [5.74, 6) is -0.985. The molecule has 0 aliphatic heterocycles. The normalized spacial score (nSPS) is 10.8. The number of hydrogen-bond donors (Lipinski definition) is 3. The molecule has 9 heteroatoms. The number of halogens is 1. The highest BCUT2D eigenvalue weighted by Gasteiger charge is 2.17. The molecule has 0 saturated carbocycles. The zero-order chi connectivity index (χ0) is 18.4. The Morgan fingerprint density at radius 2 is 1.76 bits per heavy atom. The van der Waals surface area contributed by atoms with E-state index in [0.717, 1.165) is 0 Å². The molecule has 0 aliphatic rings. The highest BCUT2D eigenvalue weighted by Crippen LogP contribution is 2.20. The summed E-state index contributed by atoms with van der Waals surface area (Å²) < 4.78 is 27.3. The fourth-order valence-electron chi connectivity index (χ4n) is 1.86. The minimum Gasteiger partial charge on any atom is -0.280 e. The van der Waals surface area contributed by atoms with E-state index in [1.165, 1.54) is 30.3 Å². The Labute approximate surface area is 150 Å². The fourth-order valence-corrected chi connectivity index (χ4v) is 3.14. The van der Waals surface area contributed by atoms with E-state index in [4.69, 9.17) is 11.6 Å². The Morgan fingerprint density at radius 1 is 1.04 bits per heavy atom. The number of rotatable bonds is 5. The Balaban J connectivity index is 2.19. The van der Waals surface area contributed by atoms with Crippen LogP contribution in [0.5, 0.6) is 0 Å². The summed E-state index contributed by atoms with van der Waals surface area (Å²) in [5.41, 5.74) is 4.82. The van der Waals surface area contributed by atoms with Crippen LogP contribution in [-0.4, -0.2) is 20.2 Å². The zero-order valence-corrected chi connectivity index (χ0v) is 14.8. The predicted molar refractivity (Wildman–Crippen MR) is 94.6 cm³/mol. The SMILES string of the molecule is CCC(=O)NNC(=O)c1cccc(S(=O)(=O)Nc2cccc(Cl)c2)c1. The van der Waals surface area contributed by atoms with Crippen LogP contribution >= 0.6 is 11.6 Å². The Kier molecular flexibility index (Phi) is 6.00. The number of benzene rings is 2. The van der Waals surface area contributed by atoms with Crippen molar-refractivity contribution in [1.29, 1.82) is 0 Å². The van der Waals surface area contributed by atoms with Gasteiger partial charge in [-0.05, 0) is 36.4 Å². The number of amides is 2.